The van der Waals surface area contributed by atoms with E-state index in [-0.39, 0.29) is 12.5 Å². The Hall–Kier alpha value is -2.82. The number of likely N-dealkylation sites (tertiary alicyclic amines) is 1. The molecule has 1 fully saturated rings. The van der Waals surface area contributed by atoms with Crippen LogP contribution in [-0.4, -0.2) is 50.7 Å². The average molecular weight is 356 g/mol. The van der Waals surface area contributed by atoms with E-state index in [2.05, 4.69) is 21.4 Å². The number of ether oxygens (including phenoxy) is 1. The molecule has 1 aliphatic rings. The molecule has 0 aromatic carbocycles. The number of unbranched alkanes of at least 4 members (excludes halogenated alkanes) is 1. The van der Waals surface area contributed by atoms with Crippen LogP contribution in [0.2, 0.25) is 0 Å². The Labute approximate surface area is 152 Å². The maximum Gasteiger partial charge on any atom is 0.409 e. The van der Waals surface area contributed by atoms with Gasteiger partial charge in [-0.2, -0.15) is 15.5 Å². The van der Waals surface area contributed by atoms with Crippen molar-refractivity contribution in [3.8, 4) is 17.2 Å². The number of H-pyrrole nitrogens is 1. The molecule has 3 heterocycles. The number of aryl methyl sites for hydroxylation is 2. The minimum Gasteiger partial charge on any atom is -0.449 e. The lowest BCUT2D eigenvalue weighted by molar-refractivity contribution is -0.000367. The maximum absolute atomic E-state index is 12.1. The fourth-order valence-electron chi connectivity index (χ4n) is 3.36. The molecular weight excluding hydrogens is 332 g/mol. The second-order valence-corrected chi connectivity index (χ2v) is 6.87. The number of carbonyl (C=O) groups excluding carboxylic acids is 1. The Kier molecular flexibility index (Phi) is 4.98. The van der Waals surface area contributed by atoms with Crippen molar-refractivity contribution in [3.05, 3.63) is 23.8 Å². The van der Waals surface area contributed by atoms with Crippen molar-refractivity contribution in [2.24, 2.45) is 0 Å². The molecule has 8 heteroatoms. The van der Waals surface area contributed by atoms with E-state index in [1.54, 1.807) is 11.1 Å². The standard InChI is InChI=1S/C18H24N6O2/c1-4-5-8-26-17(25)23-11-18(12-23,6-7-19)24-10-15(9-20-24)16-13(2)21-22-14(16)3/h9-10H,4-6,8,11-12H2,1-3H3,(H,21,22). The molecule has 0 saturated carbocycles. The summed E-state index contributed by atoms with van der Waals surface area (Å²) in [5.41, 5.74) is 3.37. The summed E-state index contributed by atoms with van der Waals surface area (Å²) in [6.45, 7) is 7.25. The van der Waals surface area contributed by atoms with Gasteiger partial charge in [-0.3, -0.25) is 9.78 Å². The molecule has 0 atom stereocenters. The second-order valence-electron chi connectivity index (χ2n) is 6.87. The van der Waals surface area contributed by atoms with Crippen LogP contribution >= 0.6 is 0 Å². The van der Waals surface area contributed by atoms with Gasteiger partial charge in [0.1, 0.15) is 5.54 Å². The van der Waals surface area contributed by atoms with Gasteiger partial charge in [-0.15, -0.1) is 0 Å². The predicted octanol–water partition coefficient (Wildman–Crippen LogP) is 2.75. The summed E-state index contributed by atoms with van der Waals surface area (Å²) in [7, 11) is 0. The molecule has 0 aliphatic carbocycles. The van der Waals surface area contributed by atoms with Gasteiger partial charge in [0, 0.05) is 23.0 Å². The number of hydrogen-bond acceptors (Lipinski definition) is 5. The van der Waals surface area contributed by atoms with E-state index >= 15 is 0 Å². The van der Waals surface area contributed by atoms with E-state index in [1.165, 1.54) is 0 Å². The first-order chi connectivity index (χ1) is 12.5. The van der Waals surface area contributed by atoms with Crippen molar-refractivity contribution < 1.29 is 9.53 Å². The Morgan fingerprint density at radius 1 is 1.46 bits per heavy atom. The zero-order valence-corrected chi connectivity index (χ0v) is 15.4. The highest BCUT2D eigenvalue weighted by Gasteiger charge is 2.48. The summed E-state index contributed by atoms with van der Waals surface area (Å²) in [5, 5.41) is 20.9. The number of hydrogen-bond donors (Lipinski definition) is 1. The topological polar surface area (TPSA) is 99.8 Å². The molecule has 138 valence electrons. The van der Waals surface area contributed by atoms with E-state index in [0.717, 1.165) is 35.4 Å². The van der Waals surface area contributed by atoms with Crippen molar-refractivity contribution in [3.63, 3.8) is 0 Å². The summed E-state index contributed by atoms with van der Waals surface area (Å²) in [6.07, 6.45) is 5.52. The highest BCUT2D eigenvalue weighted by atomic mass is 16.6. The number of nitrogens with one attached hydrogen (secondary N) is 1. The summed E-state index contributed by atoms with van der Waals surface area (Å²) >= 11 is 0. The van der Waals surface area contributed by atoms with Gasteiger partial charge in [0.2, 0.25) is 0 Å². The van der Waals surface area contributed by atoms with Gasteiger partial charge in [-0.25, -0.2) is 4.79 Å². The van der Waals surface area contributed by atoms with Crippen LogP contribution in [0.25, 0.3) is 11.1 Å². The fourth-order valence-corrected chi connectivity index (χ4v) is 3.36. The first kappa shape index (κ1) is 18.0. The van der Waals surface area contributed by atoms with Gasteiger partial charge in [-0.1, -0.05) is 13.3 Å². The summed E-state index contributed by atoms with van der Waals surface area (Å²) in [5.74, 6) is 0. The van der Waals surface area contributed by atoms with Gasteiger partial charge in [0.25, 0.3) is 0 Å². The van der Waals surface area contributed by atoms with E-state index < -0.39 is 5.54 Å². The van der Waals surface area contributed by atoms with Gasteiger partial charge in [-0.05, 0) is 20.3 Å². The molecule has 1 aliphatic heterocycles. The molecular formula is C18H24N6O2. The van der Waals surface area contributed by atoms with Gasteiger partial charge in [0.05, 0.1) is 44.1 Å². The Balaban J connectivity index is 1.75. The molecule has 1 saturated heterocycles. The van der Waals surface area contributed by atoms with Crippen molar-refractivity contribution in [1.82, 2.24) is 24.9 Å². The third kappa shape index (κ3) is 3.17. The predicted molar refractivity (Wildman–Crippen MR) is 95.3 cm³/mol. The molecule has 0 bridgehead atoms. The minimum absolute atomic E-state index is 0.288. The molecule has 8 nitrogen and oxygen atoms in total. The number of nitrogens with zero attached hydrogens (tertiary/aromatic N) is 5. The largest absolute Gasteiger partial charge is 0.449 e. The molecule has 1 N–H and O–H groups in total. The smallest absolute Gasteiger partial charge is 0.409 e. The minimum atomic E-state index is -0.498. The lowest BCUT2D eigenvalue weighted by Crippen LogP contribution is -2.64. The third-order valence-corrected chi connectivity index (χ3v) is 4.85. The van der Waals surface area contributed by atoms with Crippen LogP contribution in [0.4, 0.5) is 4.79 Å². The molecule has 0 unspecified atom stereocenters. The highest BCUT2D eigenvalue weighted by Crippen LogP contribution is 2.34. The van der Waals surface area contributed by atoms with E-state index in [4.69, 9.17) is 4.74 Å². The first-order valence-corrected chi connectivity index (χ1v) is 8.86. The third-order valence-electron chi connectivity index (χ3n) is 4.85. The van der Waals surface area contributed by atoms with Crippen molar-refractivity contribution in [2.75, 3.05) is 19.7 Å². The van der Waals surface area contributed by atoms with E-state index in [1.807, 2.05) is 31.6 Å². The maximum atomic E-state index is 12.1. The van der Waals surface area contributed by atoms with E-state index in [9.17, 15) is 10.1 Å². The van der Waals surface area contributed by atoms with Crippen LogP contribution in [0.15, 0.2) is 12.4 Å². The van der Waals surface area contributed by atoms with Crippen LogP contribution in [0.5, 0.6) is 0 Å². The number of aromatic amines is 1. The summed E-state index contributed by atoms with van der Waals surface area (Å²) in [4.78, 5) is 13.7. The Morgan fingerprint density at radius 2 is 2.23 bits per heavy atom. The lowest BCUT2D eigenvalue weighted by atomic mass is 9.87. The van der Waals surface area contributed by atoms with Crippen molar-refractivity contribution >= 4 is 6.09 Å². The molecule has 0 spiro atoms. The number of aromatic nitrogens is 4. The molecule has 2 aromatic heterocycles. The average Bonchev–Trinajstić information content (AvgIpc) is 3.17. The molecule has 3 rings (SSSR count). The number of nitriles is 1. The van der Waals surface area contributed by atoms with Crippen LogP contribution in [-0.2, 0) is 10.3 Å². The fraction of sp³-hybridized carbons (Fsp3) is 0.556. The lowest BCUT2D eigenvalue weighted by Gasteiger charge is -2.48. The van der Waals surface area contributed by atoms with Crippen LogP contribution in [0.3, 0.4) is 0 Å². The monoisotopic (exact) mass is 356 g/mol. The van der Waals surface area contributed by atoms with Crippen molar-refractivity contribution in [2.45, 2.75) is 45.6 Å². The summed E-state index contributed by atoms with van der Waals surface area (Å²) in [6, 6.07) is 2.23. The van der Waals surface area contributed by atoms with Crippen LogP contribution in [0, 0.1) is 25.2 Å². The second kappa shape index (κ2) is 7.20. The quantitative estimate of drug-likeness (QED) is 0.802. The molecule has 1 amide bonds. The molecule has 2 aromatic rings. The number of amides is 1. The first-order valence-electron chi connectivity index (χ1n) is 8.86. The molecule has 0 radical (unpaired) electrons. The molecule has 26 heavy (non-hydrogen) atoms. The van der Waals surface area contributed by atoms with Gasteiger partial charge < -0.3 is 9.64 Å². The Morgan fingerprint density at radius 3 is 2.85 bits per heavy atom. The Bertz CT molecular complexity index is 806. The van der Waals surface area contributed by atoms with Gasteiger partial charge in [0.15, 0.2) is 0 Å². The SMILES string of the molecule is CCCCOC(=O)N1CC(CC#N)(n2cc(-c3c(C)n[nH]c3C)cn2)C1. The summed E-state index contributed by atoms with van der Waals surface area (Å²) < 4.78 is 7.06. The zero-order chi connectivity index (χ0) is 18.7. The normalized spacial score (nSPS) is 15.4. The zero-order valence-electron chi connectivity index (χ0n) is 15.4. The van der Waals surface area contributed by atoms with Gasteiger partial charge >= 0.3 is 6.09 Å². The van der Waals surface area contributed by atoms with Crippen LogP contribution < -0.4 is 0 Å². The van der Waals surface area contributed by atoms with E-state index in [0.29, 0.717) is 19.7 Å². The number of carbonyl (C=O) groups is 1. The van der Waals surface area contributed by atoms with Crippen LogP contribution in [0.1, 0.15) is 37.6 Å². The number of rotatable bonds is 6. The highest BCUT2D eigenvalue weighted by molar-refractivity contribution is 5.69. The van der Waals surface area contributed by atoms with Crippen molar-refractivity contribution in [1.29, 1.82) is 5.26 Å².